The van der Waals surface area contributed by atoms with Crippen LogP contribution >= 0.6 is 24.0 Å². The largest absolute Gasteiger partial charge is 0.493 e. The Bertz CT molecular complexity index is 1250. The van der Waals surface area contributed by atoms with Crippen molar-refractivity contribution in [3.8, 4) is 11.5 Å². The first-order chi connectivity index (χ1) is 15.5. The summed E-state index contributed by atoms with van der Waals surface area (Å²) in [6.07, 6.45) is 1.75. The Morgan fingerprint density at radius 2 is 1.91 bits per heavy atom. The number of hydrogen-bond acceptors (Lipinski definition) is 6. The second-order valence-electron chi connectivity index (χ2n) is 7.01. The van der Waals surface area contributed by atoms with Gasteiger partial charge in [0.1, 0.15) is 4.32 Å². The summed E-state index contributed by atoms with van der Waals surface area (Å²) in [5.74, 6) is 0.480. The first-order valence-electron chi connectivity index (χ1n) is 9.76. The van der Waals surface area contributed by atoms with Gasteiger partial charge in [0.2, 0.25) is 0 Å². The van der Waals surface area contributed by atoms with Crippen molar-refractivity contribution in [2.24, 2.45) is 0 Å². The lowest BCUT2D eigenvalue weighted by molar-refractivity contribution is -0.121. The molecule has 1 heterocycles. The highest BCUT2D eigenvalue weighted by Crippen LogP contribution is 2.34. The van der Waals surface area contributed by atoms with Gasteiger partial charge in [-0.25, -0.2) is 0 Å². The van der Waals surface area contributed by atoms with Crippen LogP contribution in [0.3, 0.4) is 0 Å². The number of carbonyl (C=O) groups excluding carboxylic acids is 2. The number of fused-ring (bicyclic) bond motifs is 1. The molecule has 2 amide bonds. The molecular weight excluding hydrogens is 444 g/mol. The number of amides is 2. The Labute approximate surface area is 195 Å². The Morgan fingerprint density at radius 3 is 2.66 bits per heavy atom. The Balaban J connectivity index is 1.45. The second-order valence-corrected chi connectivity index (χ2v) is 8.69. The van der Waals surface area contributed by atoms with Crippen LogP contribution in [-0.4, -0.2) is 41.8 Å². The van der Waals surface area contributed by atoms with Crippen LogP contribution < -0.4 is 14.8 Å². The van der Waals surface area contributed by atoms with Crippen LogP contribution in [-0.2, 0) is 9.59 Å². The molecule has 3 aromatic rings. The molecule has 1 aliphatic rings. The van der Waals surface area contributed by atoms with Crippen molar-refractivity contribution >= 4 is 62.7 Å². The van der Waals surface area contributed by atoms with Gasteiger partial charge in [-0.05, 0) is 35.2 Å². The van der Waals surface area contributed by atoms with Gasteiger partial charge in [-0.15, -0.1) is 0 Å². The van der Waals surface area contributed by atoms with E-state index in [1.165, 1.54) is 23.8 Å². The second kappa shape index (κ2) is 9.42. The van der Waals surface area contributed by atoms with Crippen molar-refractivity contribution in [1.29, 1.82) is 0 Å². The number of nitrogens with zero attached hydrogens (tertiary/aromatic N) is 1. The van der Waals surface area contributed by atoms with Crippen LogP contribution in [0, 0.1) is 0 Å². The zero-order chi connectivity index (χ0) is 22.7. The number of thioether (sulfide) groups is 1. The molecule has 3 aromatic carbocycles. The van der Waals surface area contributed by atoms with Crippen LogP contribution in [0.5, 0.6) is 11.5 Å². The van der Waals surface area contributed by atoms with Crippen molar-refractivity contribution in [3.63, 3.8) is 0 Å². The highest BCUT2D eigenvalue weighted by atomic mass is 32.2. The summed E-state index contributed by atoms with van der Waals surface area (Å²) >= 11 is 6.41. The third-order valence-corrected chi connectivity index (χ3v) is 6.38. The maximum Gasteiger partial charge on any atom is 0.265 e. The molecule has 0 aromatic heterocycles. The lowest BCUT2D eigenvalue weighted by Crippen LogP contribution is -2.22. The number of nitrogens with one attached hydrogen (secondary N) is 1. The average molecular weight is 465 g/mol. The minimum atomic E-state index is -0.279. The maximum atomic E-state index is 12.5. The minimum absolute atomic E-state index is 0.135. The van der Waals surface area contributed by atoms with Gasteiger partial charge in [-0.1, -0.05) is 66.4 Å². The van der Waals surface area contributed by atoms with E-state index in [-0.39, 0.29) is 18.4 Å². The Morgan fingerprint density at radius 1 is 1.12 bits per heavy atom. The van der Waals surface area contributed by atoms with Crippen molar-refractivity contribution in [2.75, 3.05) is 26.1 Å². The molecule has 162 valence electrons. The van der Waals surface area contributed by atoms with Crippen molar-refractivity contribution in [3.05, 3.63) is 71.1 Å². The molecule has 8 heteroatoms. The van der Waals surface area contributed by atoms with Crippen molar-refractivity contribution in [1.82, 2.24) is 4.90 Å². The maximum absolute atomic E-state index is 12.5. The molecule has 0 atom stereocenters. The standard InChI is InChI=1S/C24H20N2O4S2/c1-26-23(28)21(32-24(26)31)13-15-10-11-19(20(12-15)29-2)30-14-22(27)25-18-9-5-7-16-6-3-4-8-17(16)18/h3-13H,14H2,1-2H3,(H,25,27)/b21-13+. The van der Waals surface area contributed by atoms with Crippen molar-refractivity contribution in [2.45, 2.75) is 0 Å². The van der Waals surface area contributed by atoms with Gasteiger partial charge < -0.3 is 14.8 Å². The normalized spacial score (nSPS) is 14.8. The van der Waals surface area contributed by atoms with E-state index in [1.807, 2.05) is 42.5 Å². The molecule has 32 heavy (non-hydrogen) atoms. The van der Waals surface area contributed by atoms with Gasteiger partial charge in [-0.3, -0.25) is 14.5 Å². The molecule has 1 saturated heterocycles. The highest BCUT2D eigenvalue weighted by molar-refractivity contribution is 8.26. The predicted molar refractivity (Wildman–Crippen MR) is 132 cm³/mol. The fourth-order valence-electron chi connectivity index (χ4n) is 3.25. The van der Waals surface area contributed by atoms with Gasteiger partial charge in [0.05, 0.1) is 12.0 Å². The van der Waals surface area contributed by atoms with Gasteiger partial charge in [0, 0.05) is 18.1 Å². The van der Waals surface area contributed by atoms with Gasteiger partial charge in [0.25, 0.3) is 11.8 Å². The molecule has 4 rings (SSSR count). The van der Waals surface area contributed by atoms with E-state index in [1.54, 1.807) is 31.3 Å². The predicted octanol–water partition coefficient (Wildman–Crippen LogP) is 4.70. The number of anilines is 1. The van der Waals surface area contributed by atoms with Crippen LogP contribution in [0.1, 0.15) is 5.56 Å². The van der Waals surface area contributed by atoms with E-state index < -0.39 is 0 Å². The third kappa shape index (κ3) is 4.61. The van der Waals surface area contributed by atoms with E-state index in [0.29, 0.717) is 20.7 Å². The number of carbonyl (C=O) groups is 2. The molecule has 0 radical (unpaired) electrons. The summed E-state index contributed by atoms with van der Waals surface area (Å²) in [5.41, 5.74) is 1.50. The monoisotopic (exact) mass is 464 g/mol. The number of ether oxygens (including phenoxy) is 2. The summed E-state index contributed by atoms with van der Waals surface area (Å²) in [5, 5.41) is 4.90. The first-order valence-corrected chi connectivity index (χ1v) is 11.0. The molecule has 0 bridgehead atoms. The van der Waals surface area contributed by atoms with Crippen LogP contribution in [0.2, 0.25) is 0 Å². The van der Waals surface area contributed by atoms with E-state index in [9.17, 15) is 9.59 Å². The van der Waals surface area contributed by atoms with Crippen molar-refractivity contribution < 1.29 is 19.1 Å². The highest BCUT2D eigenvalue weighted by Gasteiger charge is 2.28. The van der Waals surface area contributed by atoms with Gasteiger partial charge >= 0.3 is 0 Å². The van der Waals surface area contributed by atoms with E-state index in [0.717, 1.165) is 22.0 Å². The summed E-state index contributed by atoms with van der Waals surface area (Å²) in [6, 6.07) is 18.8. The minimum Gasteiger partial charge on any atom is -0.493 e. The van der Waals surface area contributed by atoms with E-state index >= 15 is 0 Å². The lowest BCUT2D eigenvalue weighted by atomic mass is 10.1. The molecule has 1 fully saturated rings. The topological polar surface area (TPSA) is 67.9 Å². The Hall–Kier alpha value is -3.36. The molecule has 0 unspecified atom stereocenters. The quantitative estimate of drug-likeness (QED) is 0.421. The van der Waals surface area contributed by atoms with Crippen LogP contribution in [0.15, 0.2) is 65.6 Å². The number of rotatable bonds is 6. The number of likely N-dealkylation sites (N-methyl/N-ethyl adjacent to an activating group) is 1. The molecular formula is C24H20N2O4S2. The fraction of sp³-hybridized carbons (Fsp3) is 0.125. The summed E-state index contributed by atoms with van der Waals surface area (Å²) in [6.45, 7) is -0.173. The number of benzene rings is 3. The first kappa shape index (κ1) is 21.9. The summed E-state index contributed by atoms with van der Waals surface area (Å²) in [7, 11) is 3.17. The Kier molecular flexibility index (Phi) is 6.43. The number of methoxy groups -OCH3 is 1. The SMILES string of the molecule is COc1cc(/C=C2/SC(=S)N(C)C2=O)ccc1OCC(=O)Nc1cccc2ccccc12. The average Bonchev–Trinajstić information content (AvgIpc) is 3.04. The zero-order valence-electron chi connectivity index (χ0n) is 17.5. The van der Waals surface area contributed by atoms with Crippen LogP contribution in [0.4, 0.5) is 5.69 Å². The smallest absolute Gasteiger partial charge is 0.265 e. The molecule has 1 aliphatic heterocycles. The molecule has 6 nitrogen and oxygen atoms in total. The van der Waals surface area contributed by atoms with Gasteiger partial charge in [0.15, 0.2) is 18.1 Å². The zero-order valence-corrected chi connectivity index (χ0v) is 19.1. The van der Waals surface area contributed by atoms with Crippen LogP contribution in [0.25, 0.3) is 16.8 Å². The fourth-order valence-corrected chi connectivity index (χ4v) is 4.43. The lowest BCUT2D eigenvalue weighted by Gasteiger charge is -2.12. The van der Waals surface area contributed by atoms with Gasteiger partial charge in [-0.2, -0.15) is 0 Å². The molecule has 0 spiro atoms. The van der Waals surface area contributed by atoms with E-state index in [2.05, 4.69) is 5.32 Å². The summed E-state index contributed by atoms with van der Waals surface area (Å²) in [4.78, 5) is 26.7. The number of thiocarbonyl (C=S) groups is 1. The molecule has 1 N–H and O–H groups in total. The van der Waals surface area contributed by atoms with E-state index in [4.69, 9.17) is 21.7 Å². The molecule has 0 saturated carbocycles. The third-order valence-electron chi connectivity index (χ3n) is 4.89. The summed E-state index contributed by atoms with van der Waals surface area (Å²) < 4.78 is 11.6. The molecule has 0 aliphatic carbocycles. The number of hydrogen-bond donors (Lipinski definition) is 1.